The molecular weight excluding hydrogens is 405 g/mol. The molecule has 0 aliphatic carbocycles. The lowest BCUT2D eigenvalue weighted by Crippen LogP contribution is -2.49. The number of piperazine rings is 1. The average molecular weight is 434 g/mol. The Hall–Kier alpha value is -3.22. The molecule has 166 valence electrons. The third-order valence-electron chi connectivity index (χ3n) is 5.80. The quantitative estimate of drug-likeness (QED) is 0.602. The predicted octanol–water partition coefficient (Wildman–Crippen LogP) is 4.33. The van der Waals surface area contributed by atoms with Crippen molar-refractivity contribution in [3.63, 3.8) is 0 Å². The number of nitrogens with one attached hydrogen (secondary N) is 1. The fourth-order valence-electron chi connectivity index (χ4n) is 4.14. The van der Waals surface area contributed by atoms with Crippen LogP contribution in [0.15, 0.2) is 78.9 Å². The number of hydrogen-bond acceptors (Lipinski definition) is 4. The predicted molar refractivity (Wildman–Crippen MR) is 124 cm³/mol. The van der Waals surface area contributed by atoms with Gasteiger partial charge >= 0.3 is 0 Å². The summed E-state index contributed by atoms with van der Waals surface area (Å²) in [6, 6.07) is 24.2. The van der Waals surface area contributed by atoms with E-state index in [0.717, 1.165) is 43.0 Å². The van der Waals surface area contributed by atoms with E-state index in [2.05, 4.69) is 15.1 Å². The van der Waals surface area contributed by atoms with Gasteiger partial charge in [0.1, 0.15) is 6.04 Å². The van der Waals surface area contributed by atoms with E-state index in [0.29, 0.717) is 6.54 Å². The third kappa shape index (κ3) is 5.33. The van der Waals surface area contributed by atoms with Crippen LogP contribution in [0.4, 0.5) is 10.1 Å². The van der Waals surface area contributed by atoms with Gasteiger partial charge in [0.25, 0.3) is 0 Å². The second kappa shape index (κ2) is 10.4. The first kappa shape index (κ1) is 22.0. The molecule has 0 bridgehead atoms. The molecule has 1 N–H and O–H groups in total. The van der Waals surface area contributed by atoms with Crippen LogP contribution in [0, 0.1) is 5.82 Å². The SMILES string of the molecule is COc1ccc(CN2CCN(C(C(=O)Nc3ccccc3)c3ccccc3)CC2)cc1F. The Morgan fingerprint density at radius 1 is 0.969 bits per heavy atom. The molecule has 0 spiro atoms. The summed E-state index contributed by atoms with van der Waals surface area (Å²) < 4.78 is 19.0. The Morgan fingerprint density at radius 3 is 2.25 bits per heavy atom. The summed E-state index contributed by atoms with van der Waals surface area (Å²) in [7, 11) is 1.47. The number of amides is 1. The highest BCUT2D eigenvalue weighted by Gasteiger charge is 2.30. The highest BCUT2D eigenvalue weighted by molar-refractivity contribution is 5.95. The van der Waals surface area contributed by atoms with Crippen molar-refractivity contribution in [1.29, 1.82) is 0 Å². The first-order chi connectivity index (χ1) is 15.6. The normalized spacial score (nSPS) is 15.8. The van der Waals surface area contributed by atoms with Gasteiger partial charge in [-0.3, -0.25) is 14.6 Å². The van der Waals surface area contributed by atoms with Gasteiger partial charge in [-0.05, 0) is 35.4 Å². The molecule has 1 unspecified atom stereocenters. The monoisotopic (exact) mass is 433 g/mol. The summed E-state index contributed by atoms with van der Waals surface area (Å²) in [5.74, 6) is -0.118. The summed E-state index contributed by atoms with van der Waals surface area (Å²) in [6.07, 6.45) is 0. The van der Waals surface area contributed by atoms with E-state index in [1.54, 1.807) is 6.07 Å². The maximum Gasteiger partial charge on any atom is 0.246 e. The molecule has 3 aromatic carbocycles. The molecule has 3 aromatic rings. The number of anilines is 1. The number of hydrogen-bond donors (Lipinski definition) is 1. The number of halogens is 1. The number of rotatable bonds is 7. The summed E-state index contributed by atoms with van der Waals surface area (Å²) in [5, 5.41) is 3.06. The average Bonchev–Trinajstić information content (AvgIpc) is 2.82. The number of nitrogens with zero attached hydrogens (tertiary/aromatic N) is 2. The van der Waals surface area contributed by atoms with Crippen LogP contribution in [0.1, 0.15) is 17.2 Å². The highest BCUT2D eigenvalue weighted by Crippen LogP contribution is 2.25. The molecule has 1 aliphatic heterocycles. The lowest BCUT2D eigenvalue weighted by molar-refractivity contribution is -0.122. The molecule has 32 heavy (non-hydrogen) atoms. The molecule has 1 atom stereocenters. The molecule has 0 saturated carbocycles. The lowest BCUT2D eigenvalue weighted by atomic mass is 10.0. The maximum atomic E-state index is 14.0. The Labute approximate surface area is 188 Å². The number of methoxy groups -OCH3 is 1. The van der Waals surface area contributed by atoms with Crippen LogP contribution in [-0.4, -0.2) is 49.0 Å². The zero-order chi connectivity index (χ0) is 22.3. The van der Waals surface area contributed by atoms with Crippen LogP contribution >= 0.6 is 0 Å². The van der Waals surface area contributed by atoms with Crippen molar-refractivity contribution in [2.75, 3.05) is 38.6 Å². The van der Waals surface area contributed by atoms with Gasteiger partial charge in [-0.2, -0.15) is 0 Å². The van der Waals surface area contributed by atoms with Crippen LogP contribution in [0.2, 0.25) is 0 Å². The summed E-state index contributed by atoms with van der Waals surface area (Å²) in [6.45, 7) is 3.77. The van der Waals surface area contributed by atoms with Gasteiger partial charge in [0.15, 0.2) is 11.6 Å². The number of para-hydroxylation sites is 1. The smallest absolute Gasteiger partial charge is 0.246 e. The number of carbonyl (C=O) groups excluding carboxylic acids is 1. The second-order valence-electron chi connectivity index (χ2n) is 7.95. The molecule has 5 nitrogen and oxygen atoms in total. The zero-order valence-corrected chi connectivity index (χ0v) is 18.2. The van der Waals surface area contributed by atoms with Crippen molar-refractivity contribution < 1.29 is 13.9 Å². The van der Waals surface area contributed by atoms with E-state index in [1.165, 1.54) is 13.2 Å². The van der Waals surface area contributed by atoms with E-state index in [1.807, 2.05) is 66.7 Å². The Kier molecular flexibility index (Phi) is 7.14. The summed E-state index contributed by atoms with van der Waals surface area (Å²) in [5.41, 5.74) is 2.68. The Balaban J connectivity index is 1.43. The van der Waals surface area contributed by atoms with Crippen molar-refractivity contribution in [3.05, 3.63) is 95.8 Å². The van der Waals surface area contributed by atoms with E-state index in [9.17, 15) is 9.18 Å². The first-order valence-corrected chi connectivity index (χ1v) is 10.8. The number of ether oxygens (including phenoxy) is 1. The summed E-state index contributed by atoms with van der Waals surface area (Å²) >= 11 is 0. The van der Waals surface area contributed by atoms with E-state index >= 15 is 0 Å². The van der Waals surface area contributed by atoms with Crippen LogP contribution in [0.3, 0.4) is 0 Å². The molecule has 1 saturated heterocycles. The Bertz CT molecular complexity index is 1020. The fourth-order valence-corrected chi connectivity index (χ4v) is 4.14. The minimum Gasteiger partial charge on any atom is -0.494 e. The molecule has 1 heterocycles. The zero-order valence-electron chi connectivity index (χ0n) is 18.2. The Morgan fingerprint density at radius 2 is 1.62 bits per heavy atom. The van der Waals surface area contributed by atoms with E-state index in [4.69, 9.17) is 4.74 Å². The summed E-state index contributed by atoms with van der Waals surface area (Å²) in [4.78, 5) is 17.8. The molecule has 6 heteroatoms. The minimum absolute atomic E-state index is 0.0342. The molecule has 1 aliphatic rings. The molecule has 0 radical (unpaired) electrons. The van der Waals surface area contributed by atoms with Crippen molar-refractivity contribution in [2.45, 2.75) is 12.6 Å². The molecule has 1 amide bonds. The van der Waals surface area contributed by atoms with Crippen molar-refractivity contribution in [2.24, 2.45) is 0 Å². The van der Waals surface area contributed by atoms with E-state index < -0.39 is 0 Å². The largest absolute Gasteiger partial charge is 0.494 e. The van der Waals surface area contributed by atoms with Crippen molar-refractivity contribution in [3.8, 4) is 5.75 Å². The van der Waals surface area contributed by atoms with Gasteiger partial charge in [-0.15, -0.1) is 0 Å². The highest BCUT2D eigenvalue weighted by atomic mass is 19.1. The molecular formula is C26H28FN3O2. The third-order valence-corrected chi connectivity index (χ3v) is 5.80. The van der Waals surface area contributed by atoms with Gasteiger partial charge in [0, 0.05) is 38.4 Å². The van der Waals surface area contributed by atoms with Crippen LogP contribution in [0.5, 0.6) is 5.75 Å². The minimum atomic E-state index is -0.364. The lowest BCUT2D eigenvalue weighted by Gasteiger charge is -2.38. The van der Waals surface area contributed by atoms with Gasteiger partial charge < -0.3 is 10.1 Å². The van der Waals surface area contributed by atoms with Crippen molar-refractivity contribution in [1.82, 2.24) is 9.80 Å². The van der Waals surface area contributed by atoms with Crippen LogP contribution in [0.25, 0.3) is 0 Å². The topological polar surface area (TPSA) is 44.8 Å². The number of carbonyl (C=O) groups is 1. The van der Waals surface area contributed by atoms with E-state index in [-0.39, 0.29) is 23.5 Å². The molecule has 0 aromatic heterocycles. The second-order valence-corrected chi connectivity index (χ2v) is 7.95. The molecule has 4 rings (SSSR count). The van der Waals surface area contributed by atoms with Crippen LogP contribution < -0.4 is 10.1 Å². The first-order valence-electron chi connectivity index (χ1n) is 10.8. The van der Waals surface area contributed by atoms with Gasteiger partial charge in [0.2, 0.25) is 5.91 Å². The standard InChI is InChI=1S/C26H28FN3O2/c1-32-24-13-12-20(18-23(24)27)19-29-14-16-30(17-15-29)25(21-8-4-2-5-9-21)26(31)28-22-10-6-3-7-11-22/h2-13,18,25H,14-17,19H2,1H3,(H,28,31). The fraction of sp³-hybridized carbons (Fsp3) is 0.269. The van der Waals surface area contributed by atoms with Gasteiger partial charge in [-0.25, -0.2) is 4.39 Å². The van der Waals surface area contributed by atoms with Gasteiger partial charge in [-0.1, -0.05) is 54.6 Å². The number of benzene rings is 3. The van der Waals surface area contributed by atoms with Crippen LogP contribution in [-0.2, 0) is 11.3 Å². The molecule has 1 fully saturated rings. The van der Waals surface area contributed by atoms with Crippen molar-refractivity contribution >= 4 is 11.6 Å². The maximum absolute atomic E-state index is 14.0. The van der Waals surface area contributed by atoms with Gasteiger partial charge in [0.05, 0.1) is 7.11 Å².